The van der Waals surface area contributed by atoms with E-state index in [0.717, 1.165) is 12.8 Å². The molecule has 3 N–H and O–H groups in total. The third kappa shape index (κ3) is 5.36. The van der Waals surface area contributed by atoms with Crippen molar-refractivity contribution in [3.8, 4) is 5.75 Å². The van der Waals surface area contributed by atoms with Crippen molar-refractivity contribution in [3.05, 3.63) is 64.9 Å². The molecular weight excluding hydrogens is 438 g/mol. The van der Waals surface area contributed by atoms with E-state index in [0.29, 0.717) is 39.0 Å². The summed E-state index contributed by atoms with van der Waals surface area (Å²) in [4.78, 5) is 23.5. The Morgan fingerprint density at radius 3 is 2.58 bits per heavy atom. The minimum atomic E-state index is -0.512. The van der Waals surface area contributed by atoms with Crippen LogP contribution in [0.15, 0.2) is 53.7 Å². The summed E-state index contributed by atoms with van der Waals surface area (Å²) in [5, 5.41) is 12.5. The van der Waals surface area contributed by atoms with Gasteiger partial charge in [0.2, 0.25) is 11.8 Å². The molecule has 0 atom stereocenters. The summed E-state index contributed by atoms with van der Waals surface area (Å²) in [7, 11) is 0. The van der Waals surface area contributed by atoms with Crippen molar-refractivity contribution in [1.29, 1.82) is 0 Å². The van der Waals surface area contributed by atoms with Crippen LogP contribution in [0, 0.1) is 0 Å². The molecule has 160 valence electrons. The van der Waals surface area contributed by atoms with Crippen molar-refractivity contribution in [2.24, 2.45) is 5.73 Å². The lowest BCUT2D eigenvalue weighted by Gasteiger charge is -2.11. The zero-order chi connectivity index (χ0) is 21.8. The second-order valence-corrected chi connectivity index (χ2v) is 8.35. The van der Waals surface area contributed by atoms with Gasteiger partial charge in [0.1, 0.15) is 12.4 Å². The minimum Gasteiger partial charge on any atom is -0.484 e. The summed E-state index contributed by atoms with van der Waals surface area (Å²) in [6.07, 6.45) is 2.09. The molecule has 31 heavy (non-hydrogen) atoms. The SMILES string of the molecule is NC(=O)c1ccc(NC(=O)CSc2nnc(COc3ccccc3Cl)n2C2CC2)cc1. The molecule has 1 fully saturated rings. The van der Waals surface area contributed by atoms with E-state index in [1.165, 1.54) is 11.8 Å². The molecule has 0 unspecified atom stereocenters. The van der Waals surface area contributed by atoms with Crippen LogP contribution in [0.2, 0.25) is 5.02 Å². The molecule has 0 saturated heterocycles. The number of aromatic nitrogens is 3. The van der Waals surface area contributed by atoms with Gasteiger partial charge >= 0.3 is 0 Å². The second kappa shape index (κ2) is 9.40. The Balaban J connectivity index is 1.36. The summed E-state index contributed by atoms with van der Waals surface area (Å²) in [5.74, 6) is 0.768. The molecule has 1 aromatic heterocycles. The van der Waals surface area contributed by atoms with Gasteiger partial charge in [0, 0.05) is 17.3 Å². The van der Waals surface area contributed by atoms with Crippen molar-refractivity contribution < 1.29 is 14.3 Å². The lowest BCUT2D eigenvalue weighted by atomic mass is 10.2. The zero-order valence-electron chi connectivity index (χ0n) is 16.5. The Bertz CT molecular complexity index is 1100. The molecule has 1 heterocycles. The molecule has 2 aromatic carbocycles. The molecule has 1 aliphatic rings. The van der Waals surface area contributed by atoms with E-state index < -0.39 is 5.91 Å². The van der Waals surface area contributed by atoms with Gasteiger partial charge < -0.3 is 15.8 Å². The molecular formula is C21H20ClN5O3S. The molecule has 0 bridgehead atoms. The van der Waals surface area contributed by atoms with Gasteiger partial charge in [0.05, 0.1) is 10.8 Å². The van der Waals surface area contributed by atoms with Gasteiger partial charge in [-0.15, -0.1) is 10.2 Å². The number of carbonyl (C=O) groups is 2. The Hall–Kier alpha value is -3.04. The average Bonchev–Trinajstić information content (AvgIpc) is 3.52. The number of para-hydroxylation sites is 1. The Morgan fingerprint density at radius 2 is 1.90 bits per heavy atom. The van der Waals surface area contributed by atoms with Crippen LogP contribution in [0.4, 0.5) is 5.69 Å². The Morgan fingerprint density at radius 1 is 1.16 bits per heavy atom. The molecule has 1 saturated carbocycles. The predicted octanol–water partition coefficient (Wildman–Crippen LogP) is 3.68. The molecule has 1 aliphatic carbocycles. The lowest BCUT2D eigenvalue weighted by Crippen LogP contribution is -2.15. The van der Waals surface area contributed by atoms with Crippen molar-refractivity contribution in [2.75, 3.05) is 11.1 Å². The molecule has 0 spiro atoms. The number of hydrogen-bond acceptors (Lipinski definition) is 6. The van der Waals surface area contributed by atoms with Crippen LogP contribution in [0.5, 0.6) is 5.75 Å². The molecule has 4 rings (SSSR count). The summed E-state index contributed by atoms with van der Waals surface area (Å²) in [6.45, 7) is 0.242. The largest absolute Gasteiger partial charge is 0.484 e. The van der Waals surface area contributed by atoms with E-state index >= 15 is 0 Å². The highest BCUT2D eigenvalue weighted by atomic mass is 35.5. The topological polar surface area (TPSA) is 112 Å². The van der Waals surface area contributed by atoms with Crippen molar-refractivity contribution in [2.45, 2.75) is 30.6 Å². The molecule has 10 heteroatoms. The van der Waals surface area contributed by atoms with Crippen LogP contribution < -0.4 is 15.8 Å². The van der Waals surface area contributed by atoms with E-state index in [1.54, 1.807) is 36.4 Å². The van der Waals surface area contributed by atoms with Gasteiger partial charge in [-0.05, 0) is 49.2 Å². The number of primary amides is 1. The fourth-order valence-corrected chi connectivity index (χ4v) is 3.97. The number of carbonyl (C=O) groups excluding carboxylic acids is 2. The smallest absolute Gasteiger partial charge is 0.248 e. The number of anilines is 1. The number of amides is 2. The second-order valence-electron chi connectivity index (χ2n) is 7.00. The number of ether oxygens (including phenoxy) is 1. The highest BCUT2D eigenvalue weighted by Gasteiger charge is 2.30. The number of thioether (sulfide) groups is 1. The van der Waals surface area contributed by atoms with E-state index in [2.05, 4.69) is 15.5 Å². The minimum absolute atomic E-state index is 0.174. The Kier molecular flexibility index (Phi) is 6.43. The molecule has 0 radical (unpaired) electrons. The van der Waals surface area contributed by atoms with Crippen LogP contribution in [-0.2, 0) is 11.4 Å². The average molecular weight is 458 g/mol. The van der Waals surface area contributed by atoms with Crippen LogP contribution in [0.25, 0.3) is 0 Å². The van der Waals surface area contributed by atoms with Crippen molar-refractivity contribution in [1.82, 2.24) is 14.8 Å². The van der Waals surface area contributed by atoms with Crippen LogP contribution in [-0.4, -0.2) is 32.3 Å². The number of hydrogen-bond donors (Lipinski definition) is 2. The normalized spacial score (nSPS) is 13.1. The van der Waals surface area contributed by atoms with Gasteiger partial charge in [-0.2, -0.15) is 0 Å². The maximum atomic E-state index is 12.3. The first-order chi connectivity index (χ1) is 15.0. The highest BCUT2D eigenvalue weighted by molar-refractivity contribution is 7.99. The molecule has 3 aromatic rings. The van der Waals surface area contributed by atoms with Crippen molar-refractivity contribution in [3.63, 3.8) is 0 Å². The number of nitrogens with one attached hydrogen (secondary N) is 1. The van der Waals surface area contributed by atoms with Crippen LogP contribution in [0.3, 0.4) is 0 Å². The summed E-state index contributed by atoms with van der Waals surface area (Å²) in [5.41, 5.74) is 6.20. The van der Waals surface area contributed by atoms with Gasteiger partial charge in [-0.3, -0.25) is 14.2 Å². The Labute approximate surface area is 188 Å². The first kappa shape index (κ1) is 21.2. The maximum absolute atomic E-state index is 12.3. The predicted molar refractivity (Wildman–Crippen MR) is 118 cm³/mol. The van der Waals surface area contributed by atoms with E-state index in [4.69, 9.17) is 22.1 Å². The number of halogens is 1. The lowest BCUT2D eigenvalue weighted by molar-refractivity contribution is -0.113. The van der Waals surface area contributed by atoms with Gasteiger partial charge in [0.15, 0.2) is 11.0 Å². The van der Waals surface area contributed by atoms with E-state index in [-0.39, 0.29) is 18.3 Å². The van der Waals surface area contributed by atoms with Crippen molar-refractivity contribution >= 4 is 40.9 Å². The van der Waals surface area contributed by atoms with Crippen LogP contribution in [0.1, 0.15) is 35.1 Å². The molecule has 0 aliphatic heterocycles. The van der Waals surface area contributed by atoms with Crippen LogP contribution >= 0.6 is 23.4 Å². The standard InChI is InChI=1S/C21H20ClN5O3S/c22-16-3-1-2-4-17(16)30-11-18-25-26-21(27(18)15-9-10-15)31-12-19(28)24-14-7-5-13(6-8-14)20(23)29/h1-8,15H,9-12H2,(H2,23,29)(H,24,28). The third-order valence-corrected chi connectivity index (χ3v) is 5.88. The highest BCUT2D eigenvalue weighted by Crippen LogP contribution is 2.39. The quantitative estimate of drug-likeness (QED) is 0.474. The number of nitrogens with two attached hydrogens (primary N) is 1. The molecule has 2 amide bonds. The molecule has 8 nitrogen and oxygen atoms in total. The summed E-state index contributed by atoms with van der Waals surface area (Å²) < 4.78 is 7.85. The first-order valence-corrected chi connectivity index (χ1v) is 11.0. The monoisotopic (exact) mass is 457 g/mol. The first-order valence-electron chi connectivity index (χ1n) is 9.65. The van der Waals surface area contributed by atoms with E-state index in [1.807, 2.05) is 16.7 Å². The maximum Gasteiger partial charge on any atom is 0.248 e. The van der Waals surface area contributed by atoms with Gasteiger partial charge in [-0.25, -0.2) is 0 Å². The third-order valence-electron chi connectivity index (χ3n) is 4.63. The summed E-state index contributed by atoms with van der Waals surface area (Å²) >= 11 is 7.46. The number of benzene rings is 2. The summed E-state index contributed by atoms with van der Waals surface area (Å²) in [6, 6.07) is 14.0. The number of rotatable bonds is 9. The fourth-order valence-electron chi connectivity index (χ4n) is 2.95. The number of nitrogens with zero attached hydrogens (tertiary/aromatic N) is 3. The van der Waals surface area contributed by atoms with Gasteiger partial charge in [0.25, 0.3) is 0 Å². The van der Waals surface area contributed by atoms with E-state index in [9.17, 15) is 9.59 Å². The fraction of sp³-hybridized carbons (Fsp3) is 0.238. The zero-order valence-corrected chi connectivity index (χ0v) is 18.0. The van der Waals surface area contributed by atoms with Gasteiger partial charge in [-0.1, -0.05) is 35.5 Å².